The third kappa shape index (κ3) is 3.60. The fraction of sp³-hybridized carbons (Fsp3) is 0.389. The van der Waals surface area contributed by atoms with E-state index in [1.165, 1.54) is 10.9 Å². The molecule has 0 spiro atoms. The van der Waals surface area contributed by atoms with Crippen molar-refractivity contribution >= 4 is 22.7 Å². The van der Waals surface area contributed by atoms with E-state index in [1.54, 1.807) is 11.9 Å². The maximum absolute atomic E-state index is 14.5. The first kappa shape index (κ1) is 19.1. The maximum atomic E-state index is 14.5. The number of piperazine rings is 1. The van der Waals surface area contributed by atoms with E-state index in [0.29, 0.717) is 43.2 Å². The molecule has 3 heterocycles. The number of aliphatic hydroxyl groups is 1. The Balaban J connectivity index is 1.51. The zero-order valence-electron chi connectivity index (χ0n) is 15.7. The number of H-pyrrole nitrogens is 1. The lowest BCUT2D eigenvalue weighted by atomic mass is 10.2. The minimum absolute atomic E-state index is 0.0303. The molecule has 2 aromatic heterocycles. The molecule has 0 amide bonds. The number of hydrogen-bond acceptors (Lipinski definition) is 7. The van der Waals surface area contributed by atoms with Crippen molar-refractivity contribution in [3.8, 4) is 5.75 Å². The van der Waals surface area contributed by atoms with Crippen molar-refractivity contribution in [3.05, 3.63) is 40.3 Å². The van der Waals surface area contributed by atoms with E-state index in [2.05, 4.69) is 15.1 Å². The molecule has 154 valence electrons. The summed E-state index contributed by atoms with van der Waals surface area (Å²) in [7, 11) is 1.70. The molecule has 1 aromatic carbocycles. The monoisotopic (exact) mass is 406 g/mol. The summed E-state index contributed by atoms with van der Waals surface area (Å²) in [6.07, 6.45) is 1.46. The average molecular weight is 406 g/mol. The number of aromatic nitrogens is 4. The number of fused-ring (bicyclic) bond motifs is 1. The van der Waals surface area contributed by atoms with Gasteiger partial charge in [-0.15, -0.1) is 0 Å². The van der Waals surface area contributed by atoms with Crippen LogP contribution in [0.15, 0.2) is 23.1 Å². The Morgan fingerprint density at radius 2 is 1.83 bits per heavy atom. The Kier molecular flexibility index (Phi) is 5.05. The van der Waals surface area contributed by atoms with Crippen LogP contribution in [0.1, 0.15) is 0 Å². The second kappa shape index (κ2) is 7.66. The highest BCUT2D eigenvalue weighted by Gasteiger charge is 2.25. The Morgan fingerprint density at radius 1 is 1.17 bits per heavy atom. The highest BCUT2D eigenvalue weighted by Crippen LogP contribution is 2.29. The highest BCUT2D eigenvalue weighted by molar-refractivity contribution is 5.74. The number of aliphatic hydroxyl groups excluding tert-OH is 1. The van der Waals surface area contributed by atoms with Crippen LogP contribution in [0.3, 0.4) is 0 Å². The van der Waals surface area contributed by atoms with Crippen LogP contribution in [0.5, 0.6) is 5.75 Å². The number of anilines is 2. The first-order valence-electron chi connectivity index (χ1n) is 9.12. The zero-order chi connectivity index (χ0) is 20.5. The summed E-state index contributed by atoms with van der Waals surface area (Å²) in [6.45, 7) is 1.26. The number of aryl methyl sites for hydroxylation is 1. The van der Waals surface area contributed by atoms with E-state index >= 15 is 0 Å². The fourth-order valence-corrected chi connectivity index (χ4v) is 3.40. The van der Waals surface area contributed by atoms with Gasteiger partial charge in [-0.1, -0.05) is 0 Å². The minimum Gasteiger partial charge on any atom is -0.491 e. The summed E-state index contributed by atoms with van der Waals surface area (Å²) in [6, 6.07) is 2.21. The van der Waals surface area contributed by atoms with E-state index in [-0.39, 0.29) is 30.2 Å². The summed E-state index contributed by atoms with van der Waals surface area (Å²) in [4.78, 5) is 22.9. The van der Waals surface area contributed by atoms with Gasteiger partial charge in [-0.3, -0.25) is 14.5 Å². The van der Waals surface area contributed by atoms with E-state index < -0.39 is 11.6 Å². The summed E-state index contributed by atoms with van der Waals surface area (Å²) in [5, 5.41) is 13.2. The lowest BCUT2D eigenvalue weighted by Crippen LogP contribution is -2.48. The standard InChI is InChI=1S/C18H20F2N6O3/c1-24-16-12(10-21-24)17(28)23-18(22-16)26-4-2-25(3-5-26)15-13(19)8-11(9-14(15)20)29-7-6-27/h8-10,27H,2-7H2,1H3,(H,22,23,28). The summed E-state index contributed by atoms with van der Waals surface area (Å²) in [5.74, 6) is -1.02. The van der Waals surface area contributed by atoms with Gasteiger partial charge in [0.1, 0.15) is 23.4 Å². The number of ether oxygens (including phenoxy) is 1. The summed E-state index contributed by atoms with van der Waals surface area (Å²) in [5.41, 5.74) is 0.0716. The number of rotatable bonds is 5. The topological polar surface area (TPSA) is 99.5 Å². The quantitative estimate of drug-likeness (QED) is 0.641. The molecule has 9 nitrogen and oxygen atoms in total. The molecule has 0 saturated carbocycles. The average Bonchev–Trinajstić information content (AvgIpc) is 3.08. The van der Waals surface area contributed by atoms with Crippen LogP contribution in [0.2, 0.25) is 0 Å². The fourth-order valence-electron chi connectivity index (χ4n) is 3.40. The van der Waals surface area contributed by atoms with Gasteiger partial charge in [0.05, 0.1) is 12.8 Å². The van der Waals surface area contributed by atoms with Crippen molar-refractivity contribution in [2.75, 3.05) is 49.2 Å². The van der Waals surface area contributed by atoms with Gasteiger partial charge in [0.2, 0.25) is 5.95 Å². The maximum Gasteiger partial charge on any atom is 0.263 e. The molecule has 0 unspecified atom stereocenters. The Labute approximate surface area is 164 Å². The summed E-state index contributed by atoms with van der Waals surface area (Å²) < 4.78 is 35.5. The van der Waals surface area contributed by atoms with Crippen molar-refractivity contribution in [1.82, 2.24) is 19.7 Å². The predicted molar refractivity (Wildman–Crippen MR) is 102 cm³/mol. The van der Waals surface area contributed by atoms with Gasteiger partial charge in [-0.2, -0.15) is 10.1 Å². The van der Waals surface area contributed by atoms with Crippen LogP contribution >= 0.6 is 0 Å². The number of hydrogen-bond donors (Lipinski definition) is 2. The minimum atomic E-state index is -0.728. The second-order valence-electron chi connectivity index (χ2n) is 6.68. The molecule has 1 saturated heterocycles. The number of halogens is 2. The van der Waals surface area contributed by atoms with Gasteiger partial charge in [-0.05, 0) is 0 Å². The number of aromatic amines is 1. The van der Waals surface area contributed by atoms with Gasteiger partial charge >= 0.3 is 0 Å². The number of benzene rings is 1. The largest absolute Gasteiger partial charge is 0.491 e. The van der Waals surface area contributed by atoms with E-state index in [9.17, 15) is 13.6 Å². The van der Waals surface area contributed by atoms with Gasteiger partial charge < -0.3 is 19.6 Å². The third-order valence-corrected chi connectivity index (χ3v) is 4.84. The molecule has 1 aliphatic heterocycles. The van der Waals surface area contributed by atoms with Crippen molar-refractivity contribution in [3.63, 3.8) is 0 Å². The molecule has 2 N–H and O–H groups in total. The number of nitrogens with zero attached hydrogens (tertiary/aromatic N) is 5. The van der Waals surface area contributed by atoms with E-state index in [0.717, 1.165) is 12.1 Å². The lowest BCUT2D eigenvalue weighted by Gasteiger charge is -2.36. The van der Waals surface area contributed by atoms with Gasteiger partial charge in [0.25, 0.3) is 5.56 Å². The third-order valence-electron chi connectivity index (χ3n) is 4.84. The molecule has 0 radical (unpaired) electrons. The lowest BCUT2D eigenvalue weighted by molar-refractivity contribution is 0.200. The molecule has 0 atom stereocenters. The van der Waals surface area contributed by atoms with Crippen molar-refractivity contribution in [2.24, 2.45) is 7.05 Å². The zero-order valence-corrected chi connectivity index (χ0v) is 15.7. The highest BCUT2D eigenvalue weighted by atomic mass is 19.1. The number of nitrogens with one attached hydrogen (secondary N) is 1. The smallest absolute Gasteiger partial charge is 0.263 e. The van der Waals surface area contributed by atoms with Crippen LogP contribution < -0.4 is 20.1 Å². The van der Waals surface area contributed by atoms with Crippen LogP contribution in [-0.4, -0.2) is 64.2 Å². The molecule has 11 heteroatoms. The van der Waals surface area contributed by atoms with Crippen LogP contribution in [0, 0.1) is 11.6 Å². The second-order valence-corrected chi connectivity index (χ2v) is 6.68. The molecule has 4 rings (SSSR count). The Bertz CT molecular complexity index is 1070. The van der Waals surface area contributed by atoms with Crippen molar-refractivity contribution in [1.29, 1.82) is 0 Å². The first-order chi connectivity index (χ1) is 14.0. The van der Waals surface area contributed by atoms with Gasteiger partial charge in [0, 0.05) is 45.4 Å². The van der Waals surface area contributed by atoms with Crippen LogP contribution in [0.4, 0.5) is 20.4 Å². The molecule has 0 bridgehead atoms. The van der Waals surface area contributed by atoms with Gasteiger partial charge in [-0.25, -0.2) is 8.78 Å². The normalized spacial score (nSPS) is 14.6. The van der Waals surface area contributed by atoms with Crippen LogP contribution in [-0.2, 0) is 7.05 Å². The summed E-state index contributed by atoms with van der Waals surface area (Å²) >= 11 is 0. The van der Waals surface area contributed by atoms with Gasteiger partial charge in [0.15, 0.2) is 17.3 Å². The molecule has 3 aromatic rings. The van der Waals surface area contributed by atoms with Crippen LogP contribution in [0.25, 0.3) is 11.0 Å². The Hall–Kier alpha value is -3.21. The molecule has 1 aliphatic rings. The molecule has 29 heavy (non-hydrogen) atoms. The SMILES string of the molecule is Cn1ncc2c(=O)[nH]c(N3CCN(c4c(F)cc(OCCO)cc4F)CC3)nc21. The molecule has 1 fully saturated rings. The van der Waals surface area contributed by atoms with E-state index in [1.807, 2.05) is 4.90 Å². The predicted octanol–water partition coefficient (Wildman–Crippen LogP) is 0.632. The molecule has 0 aliphatic carbocycles. The van der Waals surface area contributed by atoms with Crippen molar-refractivity contribution < 1.29 is 18.6 Å². The van der Waals surface area contributed by atoms with E-state index in [4.69, 9.17) is 9.84 Å². The molecular formula is C18H20F2N6O3. The molecular weight excluding hydrogens is 386 g/mol. The van der Waals surface area contributed by atoms with Crippen molar-refractivity contribution in [2.45, 2.75) is 0 Å². The first-order valence-corrected chi connectivity index (χ1v) is 9.12. The Morgan fingerprint density at radius 3 is 2.48 bits per heavy atom.